The summed E-state index contributed by atoms with van der Waals surface area (Å²) in [6.45, 7) is 7.63. The Morgan fingerprint density at radius 3 is 2.54 bits per heavy atom. The van der Waals surface area contributed by atoms with Crippen LogP contribution in [0.3, 0.4) is 0 Å². The van der Waals surface area contributed by atoms with Gasteiger partial charge in [-0.1, -0.05) is 43.6 Å². The lowest BCUT2D eigenvalue weighted by Crippen LogP contribution is -2.42. The molecule has 0 aromatic heterocycles. The van der Waals surface area contributed by atoms with Crippen LogP contribution in [-0.4, -0.2) is 49.2 Å². The SMILES string of the molecule is CCN(CC)CCCN1C(=O)C(O)(c2ccccc2OC)c2cc(Cl)ccc21. The molecule has 0 spiro atoms. The van der Waals surface area contributed by atoms with E-state index in [1.807, 2.05) is 6.07 Å². The molecule has 150 valence electrons. The van der Waals surface area contributed by atoms with E-state index in [2.05, 4.69) is 18.7 Å². The summed E-state index contributed by atoms with van der Waals surface area (Å²) in [5.41, 5.74) is -0.195. The van der Waals surface area contributed by atoms with Crippen LogP contribution in [-0.2, 0) is 10.4 Å². The van der Waals surface area contributed by atoms with Crippen LogP contribution in [0.25, 0.3) is 0 Å². The molecule has 3 rings (SSSR count). The number of amides is 1. The summed E-state index contributed by atoms with van der Waals surface area (Å²) in [6.07, 6.45) is 0.817. The number of aliphatic hydroxyl groups is 1. The quantitative estimate of drug-likeness (QED) is 0.732. The highest BCUT2D eigenvalue weighted by molar-refractivity contribution is 6.31. The van der Waals surface area contributed by atoms with Crippen molar-refractivity contribution in [1.82, 2.24) is 4.90 Å². The van der Waals surface area contributed by atoms with Crippen molar-refractivity contribution >= 4 is 23.2 Å². The number of anilines is 1. The smallest absolute Gasteiger partial charge is 0.268 e. The van der Waals surface area contributed by atoms with E-state index in [0.29, 0.717) is 34.1 Å². The number of carbonyl (C=O) groups is 1. The Hall–Kier alpha value is -2.08. The third-order valence-corrected chi connectivity index (χ3v) is 5.68. The second-order valence-electron chi connectivity index (χ2n) is 6.91. The largest absolute Gasteiger partial charge is 0.496 e. The van der Waals surface area contributed by atoms with Crippen molar-refractivity contribution in [2.45, 2.75) is 25.9 Å². The molecule has 0 saturated heterocycles. The Morgan fingerprint density at radius 1 is 1.14 bits per heavy atom. The number of benzene rings is 2. The third kappa shape index (κ3) is 3.50. The van der Waals surface area contributed by atoms with Crippen LogP contribution in [0, 0.1) is 0 Å². The molecular weight excluding hydrogens is 376 g/mol. The van der Waals surface area contributed by atoms with Crippen LogP contribution >= 0.6 is 11.6 Å². The number of hydrogen-bond acceptors (Lipinski definition) is 4. The zero-order valence-corrected chi connectivity index (χ0v) is 17.4. The molecule has 0 aliphatic carbocycles. The average molecular weight is 403 g/mol. The van der Waals surface area contributed by atoms with Gasteiger partial charge in [-0.2, -0.15) is 0 Å². The van der Waals surface area contributed by atoms with Crippen molar-refractivity contribution in [3.63, 3.8) is 0 Å². The van der Waals surface area contributed by atoms with Crippen LogP contribution in [0.5, 0.6) is 5.75 Å². The lowest BCUT2D eigenvalue weighted by atomic mass is 9.87. The molecule has 1 unspecified atom stereocenters. The summed E-state index contributed by atoms with van der Waals surface area (Å²) < 4.78 is 5.42. The number of methoxy groups -OCH3 is 1. The zero-order chi connectivity index (χ0) is 20.3. The summed E-state index contributed by atoms with van der Waals surface area (Å²) in [4.78, 5) is 17.4. The number of rotatable bonds is 8. The van der Waals surface area contributed by atoms with E-state index in [9.17, 15) is 9.90 Å². The minimum atomic E-state index is -1.82. The normalized spacial score (nSPS) is 18.6. The van der Waals surface area contributed by atoms with Gasteiger partial charge in [-0.05, 0) is 50.3 Å². The minimum Gasteiger partial charge on any atom is -0.496 e. The summed E-state index contributed by atoms with van der Waals surface area (Å²) >= 11 is 6.21. The van der Waals surface area contributed by atoms with Gasteiger partial charge in [-0.15, -0.1) is 0 Å². The second-order valence-corrected chi connectivity index (χ2v) is 7.35. The van der Waals surface area contributed by atoms with Gasteiger partial charge in [0.25, 0.3) is 5.91 Å². The molecule has 1 amide bonds. The molecule has 1 atom stereocenters. The molecule has 1 aliphatic heterocycles. The maximum absolute atomic E-state index is 13.4. The number of hydrogen-bond donors (Lipinski definition) is 1. The molecular formula is C22H27ClN2O3. The van der Waals surface area contributed by atoms with Gasteiger partial charge >= 0.3 is 0 Å². The Kier molecular flexibility index (Phi) is 6.28. The van der Waals surface area contributed by atoms with Crippen molar-refractivity contribution in [3.8, 4) is 5.75 Å². The molecule has 5 nitrogen and oxygen atoms in total. The fourth-order valence-corrected chi connectivity index (χ4v) is 4.04. The number of carbonyl (C=O) groups excluding carboxylic acids is 1. The van der Waals surface area contributed by atoms with Crippen molar-refractivity contribution in [1.29, 1.82) is 0 Å². The third-order valence-electron chi connectivity index (χ3n) is 5.44. The van der Waals surface area contributed by atoms with E-state index in [0.717, 1.165) is 26.1 Å². The minimum absolute atomic E-state index is 0.367. The summed E-state index contributed by atoms with van der Waals surface area (Å²) in [7, 11) is 1.53. The van der Waals surface area contributed by atoms with E-state index >= 15 is 0 Å². The molecule has 0 fully saturated rings. The molecule has 0 radical (unpaired) electrons. The van der Waals surface area contributed by atoms with Crippen LogP contribution in [0.1, 0.15) is 31.4 Å². The van der Waals surface area contributed by atoms with Gasteiger partial charge in [0, 0.05) is 22.7 Å². The number of nitrogens with zero attached hydrogens (tertiary/aromatic N) is 2. The first-order valence-electron chi connectivity index (χ1n) is 9.67. The zero-order valence-electron chi connectivity index (χ0n) is 16.6. The number of halogens is 1. The second kappa shape index (κ2) is 8.52. The highest BCUT2D eigenvalue weighted by Crippen LogP contribution is 2.47. The molecule has 2 aromatic rings. The highest BCUT2D eigenvalue weighted by Gasteiger charge is 2.52. The standard InChI is InChI=1S/C22H27ClN2O3/c1-4-24(5-2)13-8-14-25-19-12-11-16(23)15-18(19)22(27,21(25)26)17-9-6-7-10-20(17)28-3/h6-7,9-12,15,27H,4-5,8,13-14H2,1-3H3. The fraction of sp³-hybridized carbons (Fsp3) is 0.409. The Bertz CT molecular complexity index is 853. The Labute approximate surface area is 171 Å². The Morgan fingerprint density at radius 2 is 1.86 bits per heavy atom. The molecule has 6 heteroatoms. The summed E-state index contributed by atoms with van der Waals surface area (Å²) in [5, 5.41) is 12.1. The fourth-order valence-electron chi connectivity index (χ4n) is 3.87. The molecule has 2 aromatic carbocycles. The van der Waals surface area contributed by atoms with E-state index in [1.165, 1.54) is 7.11 Å². The van der Waals surface area contributed by atoms with Crippen LogP contribution < -0.4 is 9.64 Å². The predicted molar refractivity (Wildman–Crippen MR) is 112 cm³/mol. The maximum atomic E-state index is 13.4. The van der Waals surface area contributed by atoms with Crippen LogP contribution in [0.4, 0.5) is 5.69 Å². The summed E-state index contributed by atoms with van der Waals surface area (Å²) in [5.74, 6) is 0.100. The lowest BCUT2D eigenvalue weighted by Gasteiger charge is -2.26. The van der Waals surface area contributed by atoms with Gasteiger partial charge in [0.2, 0.25) is 0 Å². The van der Waals surface area contributed by atoms with Crippen molar-refractivity contribution < 1.29 is 14.6 Å². The molecule has 1 aliphatic rings. The molecule has 28 heavy (non-hydrogen) atoms. The first-order valence-corrected chi connectivity index (χ1v) is 10.0. The number of fused-ring (bicyclic) bond motifs is 1. The lowest BCUT2D eigenvalue weighted by molar-refractivity contribution is -0.132. The average Bonchev–Trinajstić information content (AvgIpc) is 2.93. The van der Waals surface area contributed by atoms with E-state index in [4.69, 9.17) is 16.3 Å². The first kappa shape index (κ1) is 20.6. The highest BCUT2D eigenvalue weighted by atomic mass is 35.5. The Balaban J connectivity index is 1.99. The molecule has 0 saturated carbocycles. The number of para-hydroxylation sites is 1. The van der Waals surface area contributed by atoms with Gasteiger partial charge in [-0.3, -0.25) is 4.79 Å². The monoisotopic (exact) mass is 402 g/mol. The van der Waals surface area contributed by atoms with E-state index < -0.39 is 5.60 Å². The van der Waals surface area contributed by atoms with Crippen molar-refractivity contribution in [2.75, 3.05) is 38.2 Å². The molecule has 1 heterocycles. The molecule has 0 bridgehead atoms. The van der Waals surface area contributed by atoms with Gasteiger partial charge < -0.3 is 19.6 Å². The van der Waals surface area contributed by atoms with Gasteiger partial charge in [0.05, 0.1) is 12.8 Å². The van der Waals surface area contributed by atoms with Crippen LogP contribution in [0.2, 0.25) is 5.02 Å². The van der Waals surface area contributed by atoms with E-state index in [-0.39, 0.29) is 5.91 Å². The maximum Gasteiger partial charge on any atom is 0.268 e. The summed E-state index contributed by atoms with van der Waals surface area (Å²) in [6, 6.07) is 12.3. The van der Waals surface area contributed by atoms with Crippen molar-refractivity contribution in [2.24, 2.45) is 0 Å². The van der Waals surface area contributed by atoms with Crippen LogP contribution in [0.15, 0.2) is 42.5 Å². The van der Waals surface area contributed by atoms with Gasteiger partial charge in [0.15, 0.2) is 5.60 Å². The van der Waals surface area contributed by atoms with Gasteiger partial charge in [0.1, 0.15) is 5.75 Å². The number of ether oxygens (including phenoxy) is 1. The molecule has 1 N–H and O–H groups in total. The van der Waals surface area contributed by atoms with Gasteiger partial charge in [-0.25, -0.2) is 0 Å². The van der Waals surface area contributed by atoms with Crippen molar-refractivity contribution in [3.05, 3.63) is 58.6 Å². The first-order chi connectivity index (χ1) is 13.5. The predicted octanol–water partition coefficient (Wildman–Crippen LogP) is 3.66. The topological polar surface area (TPSA) is 53.0 Å². The van der Waals surface area contributed by atoms with E-state index in [1.54, 1.807) is 41.3 Å².